The molecule has 2 aromatic heterocycles. The first-order chi connectivity index (χ1) is 35.3. The molecule has 4 nitrogen and oxygen atoms in total. The number of para-hydroxylation sites is 1. The highest BCUT2D eigenvalue weighted by Crippen LogP contribution is 2.52. The molecule has 0 bridgehead atoms. The molecule has 0 fully saturated rings. The number of terminal acetylenes is 4. The molecule has 334 valence electrons. The highest BCUT2D eigenvalue weighted by molar-refractivity contribution is 6.11. The van der Waals surface area contributed by atoms with Gasteiger partial charge in [0.25, 0.3) is 0 Å². The largest absolute Gasteiger partial charge is 0.278 e. The molecular formula is C68H42N4. The van der Waals surface area contributed by atoms with Crippen LogP contribution in [0.2, 0.25) is 0 Å². The van der Waals surface area contributed by atoms with Crippen molar-refractivity contribution < 1.29 is 0 Å². The highest BCUT2D eigenvalue weighted by Gasteiger charge is 2.37. The fraction of sp³-hybridized carbons (Fsp3) is 0.0441. The van der Waals surface area contributed by atoms with Crippen molar-refractivity contribution in [3.8, 4) is 134 Å². The molecule has 0 radical (unpaired) electrons. The molecule has 0 N–H and O–H groups in total. The number of hydrogen-bond donors (Lipinski definition) is 0. The van der Waals surface area contributed by atoms with Gasteiger partial charge in [-0.05, 0) is 115 Å². The Hall–Kier alpha value is -9.97. The Balaban J connectivity index is 0.971. The Kier molecular flexibility index (Phi) is 10.4. The molecular weight excluding hydrogens is 873 g/mol. The normalized spacial score (nSPS) is 12.1. The van der Waals surface area contributed by atoms with Gasteiger partial charge < -0.3 is 0 Å². The lowest BCUT2D eigenvalue weighted by molar-refractivity contribution is 0.661. The van der Waals surface area contributed by atoms with Crippen molar-refractivity contribution in [2.24, 2.45) is 0 Å². The molecule has 0 spiro atoms. The Bertz CT molecular complexity index is 4160. The summed E-state index contributed by atoms with van der Waals surface area (Å²) >= 11 is 0. The fourth-order valence-corrected chi connectivity index (χ4v) is 10.7. The van der Waals surface area contributed by atoms with Crippen LogP contribution in [0.1, 0.15) is 47.2 Å². The van der Waals surface area contributed by atoms with E-state index in [0.29, 0.717) is 39.9 Å². The van der Waals surface area contributed by atoms with Crippen molar-refractivity contribution in [3.63, 3.8) is 0 Å². The molecule has 4 heteroatoms. The molecule has 0 saturated carbocycles. The third kappa shape index (κ3) is 6.99. The van der Waals surface area contributed by atoms with E-state index < -0.39 is 0 Å². The van der Waals surface area contributed by atoms with Crippen LogP contribution in [0.3, 0.4) is 0 Å². The maximum atomic E-state index is 6.18. The zero-order valence-corrected chi connectivity index (χ0v) is 39.6. The lowest BCUT2D eigenvalue weighted by Gasteiger charge is -2.22. The molecule has 11 aromatic rings. The molecule has 12 rings (SSSR count). The van der Waals surface area contributed by atoms with Gasteiger partial charge in [-0.25, -0.2) is 4.98 Å². The quantitative estimate of drug-likeness (QED) is 0.150. The van der Waals surface area contributed by atoms with E-state index in [0.717, 1.165) is 77.4 Å². The van der Waals surface area contributed by atoms with Crippen LogP contribution in [0.4, 0.5) is 0 Å². The van der Waals surface area contributed by atoms with Gasteiger partial charge in [-0.1, -0.05) is 183 Å². The van der Waals surface area contributed by atoms with Crippen molar-refractivity contribution in [2.45, 2.75) is 19.3 Å². The van der Waals surface area contributed by atoms with E-state index in [1.54, 1.807) is 0 Å². The van der Waals surface area contributed by atoms with Crippen LogP contribution in [-0.4, -0.2) is 19.5 Å². The Morgan fingerprint density at radius 3 is 1.49 bits per heavy atom. The molecule has 0 unspecified atom stereocenters. The summed E-state index contributed by atoms with van der Waals surface area (Å²) in [6.07, 6.45) is 24.2. The summed E-state index contributed by atoms with van der Waals surface area (Å²) < 4.78 is 2.21. The maximum Gasteiger partial charge on any atom is 0.238 e. The molecule has 1 aliphatic carbocycles. The smallest absolute Gasteiger partial charge is 0.238 e. The summed E-state index contributed by atoms with van der Waals surface area (Å²) in [7, 11) is 0. The van der Waals surface area contributed by atoms with Crippen LogP contribution in [-0.2, 0) is 5.41 Å². The third-order valence-corrected chi connectivity index (χ3v) is 14.2. The minimum absolute atomic E-state index is 0.336. The number of benzene rings is 9. The Labute approximate surface area is 419 Å². The van der Waals surface area contributed by atoms with Crippen molar-refractivity contribution in [3.05, 3.63) is 228 Å². The summed E-state index contributed by atoms with van der Waals surface area (Å²) in [4.78, 5) is 15.4. The number of aromatic nitrogens is 4. The van der Waals surface area contributed by atoms with Crippen LogP contribution in [0, 0.1) is 49.4 Å². The molecule has 1 aliphatic rings. The maximum absolute atomic E-state index is 6.18. The third-order valence-electron chi connectivity index (χ3n) is 14.2. The zero-order valence-electron chi connectivity index (χ0n) is 39.6. The number of fused-ring (bicyclic) bond motifs is 6. The van der Waals surface area contributed by atoms with Gasteiger partial charge in [-0.2, -0.15) is 9.97 Å². The average molecular weight is 915 g/mol. The minimum atomic E-state index is -0.336. The van der Waals surface area contributed by atoms with E-state index >= 15 is 0 Å². The lowest BCUT2D eigenvalue weighted by Crippen LogP contribution is -2.15. The molecule has 0 amide bonds. The van der Waals surface area contributed by atoms with Gasteiger partial charge in [0.15, 0.2) is 11.6 Å². The summed E-state index contributed by atoms with van der Waals surface area (Å²) in [5.74, 6) is 13.1. The van der Waals surface area contributed by atoms with Crippen LogP contribution in [0.15, 0.2) is 194 Å². The van der Waals surface area contributed by atoms with Crippen LogP contribution >= 0.6 is 0 Å². The first-order valence-electron chi connectivity index (χ1n) is 23.8. The van der Waals surface area contributed by atoms with Gasteiger partial charge in [-0.15, -0.1) is 25.7 Å². The number of nitrogens with zero attached hydrogens (tertiary/aromatic N) is 4. The van der Waals surface area contributed by atoms with E-state index in [4.69, 9.17) is 40.6 Å². The monoisotopic (exact) mass is 914 g/mol. The van der Waals surface area contributed by atoms with Gasteiger partial charge in [-0.3, -0.25) is 4.57 Å². The van der Waals surface area contributed by atoms with Gasteiger partial charge in [0.05, 0.1) is 11.0 Å². The summed E-state index contributed by atoms with van der Waals surface area (Å²) in [5.41, 5.74) is 18.9. The molecule has 72 heavy (non-hydrogen) atoms. The SMILES string of the molecule is C#Cc1cccc(-c2ccc(-c3cccc(-c4ccc5c(c4)C(C)(C)c4cc6c(cc4-5)c4ccccc4n6-c4nc(-c5ccccc5)nc(-c5ccccc5)n4)c3)cc2-c2cccc(C#C)c2C#C)c1C#C. The van der Waals surface area contributed by atoms with Crippen LogP contribution in [0.5, 0.6) is 0 Å². The van der Waals surface area contributed by atoms with E-state index in [1.165, 1.54) is 22.3 Å². The summed E-state index contributed by atoms with van der Waals surface area (Å²) in [6, 6.07) is 67.1. The second-order valence-corrected chi connectivity index (χ2v) is 18.5. The second kappa shape index (κ2) is 17.2. The van der Waals surface area contributed by atoms with Crippen LogP contribution < -0.4 is 0 Å². The second-order valence-electron chi connectivity index (χ2n) is 18.5. The van der Waals surface area contributed by atoms with Crippen molar-refractivity contribution in [2.75, 3.05) is 0 Å². The molecule has 2 heterocycles. The van der Waals surface area contributed by atoms with E-state index in [9.17, 15) is 0 Å². The Morgan fingerprint density at radius 2 is 0.875 bits per heavy atom. The topological polar surface area (TPSA) is 43.6 Å². The first-order valence-corrected chi connectivity index (χ1v) is 23.8. The lowest BCUT2D eigenvalue weighted by atomic mass is 9.81. The van der Waals surface area contributed by atoms with E-state index in [-0.39, 0.29) is 5.41 Å². The van der Waals surface area contributed by atoms with E-state index in [1.807, 2.05) is 97.1 Å². The molecule has 0 saturated heterocycles. The minimum Gasteiger partial charge on any atom is -0.278 e. The van der Waals surface area contributed by atoms with E-state index in [2.05, 4.69) is 139 Å². The van der Waals surface area contributed by atoms with Crippen molar-refractivity contribution in [1.82, 2.24) is 19.5 Å². The fourth-order valence-electron chi connectivity index (χ4n) is 10.7. The predicted molar refractivity (Wildman–Crippen MR) is 296 cm³/mol. The van der Waals surface area contributed by atoms with Crippen LogP contribution in [0.25, 0.3) is 106 Å². The predicted octanol–water partition coefficient (Wildman–Crippen LogP) is 15.2. The van der Waals surface area contributed by atoms with Gasteiger partial charge in [0.2, 0.25) is 5.95 Å². The van der Waals surface area contributed by atoms with Gasteiger partial charge >= 0.3 is 0 Å². The number of hydrogen-bond acceptors (Lipinski definition) is 3. The first kappa shape index (κ1) is 43.3. The standard InChI is InChI=1S/C68H42N4/c1-7-43-26-20-31-53(51(43)9-3)55-36-34-49(39-58(55)54-32-21-27-44(8-2)52(54)10-4)47-28-19-29-48(38-47)50-35-37-56-59-41-60-57-30-17-18-33-63(57)72(64(60)42-62(59)68(5,6)61(56)40-50)67-70-65(45-22-13-11-14-23-45)69-66(71-67)46-24-15-12-16-25-46/h1-4,11-42H,5-6H3. The Morgan fingerprint density at radius 1 is 0.361 bits per heavy atom. The molecule has 9 aromatic carbocycles. The average Bonchev–Trinajstić information content (AvgIpc) is 3.88. The van der Waals surface area contributed by atoms with Gasteiger partial charge in [0, 0.05) is 49.6 Å². The van der Waals surface area contributed by atoms with Gasteiger partial charge in [0.1, 0.15) is 0 Å². The summed E-state index contributed by atoms with van der Waals surface area (Å²) in [5, 5.41) is 2.27. The highest BCUT2D eigenvalue weighted by atomic mass is 15.2. The van der Waals surface area contributed by atoms with Crippen molar-refractivity contribution in [1.29, 1.82) is 0 Å². The summed E-state index contributed by atoms with van der Waals surface area (Å²) in [6.45, 7) is 4.66. The zero-order chi connectivity index (χ0) is 49.1. The number of rotatable bonds is 7. The molecule has 0 aliphatic heterocycles. The molecule has 0 atom stereocenters. The van der Waals surface area contributed by atoms with Crippen molar-refractivity contribution >= 4 is 21.8 Å².